The molecule has 5 heterocycles. The minimum atomic E-state index is -0.375. The summed E-state index contributed by atoms with van der Waals surface area (Å²) in [6, 6.07) is 3.53. The van der Waals surface area contributed by atoms with Crippen molar-refractivity contribution in [2.24, 2.45) is 0 Å². The van der Waals surface area contributed by atoms with E-state index in [-0.39, 0.29) is 17.4 Å². The van der Waals surface area contributed by atoms with E-state index in [9.17, 15) is 9.18 Å². The molecule has 4 aromatic heterocycles. The molecule has 28 heavy (non-hydrogen) atoms. The van der Waals surface area contributed by atoms with Gasteiger partial charge in [-0.3, -0.25) is 9.36 Å². The molecule has 0 aliphatic carbocycles. The summed E-state index contributed by atoms with van der Waals surface area (Å²) in [7, 11) is 2.10. The molecule has 0 aromatic carbocycles. The normalized spacial score (nSPS) is 16.4. The Bertz CT molecular complexity index is 1250. The summed E-state index contributed by atoms with van der Waals surface area (Å²) >= 11 is 1.37. The highest BCUT2D eigenvalue weighted by Gasteiger charge is 2.21. The van der Waals surface area contributed by atoms with Crippen molar-refractivity contribution in [1.82, 2.24) is 23.8 Å². The van der Waals surface area contributed by atoms with E-state index in [2.05, 4.69) is 21.9 Å². The van der Waals surface area contributed by atoms with Gasteiger partial charge in [0.15, 0.2) is 11.5 Å². The highest BCUT2D eigenvalue weighted by Crippen LogP contribution is 2.32. The van der Waals surface area contributed by atoms with Crippen molar-refractivity contribution in [3.8, 4) is 10.4 Å². The molecule has 1 saturated heterocycles. The molecule has 1 aliphatic heterocycles. The van der Waals surface area contributed by atoms with Crippen molar-refractivity contribution < 1.29 is 4.39 Å². The second-order valence-electron chi connectivity index (χ2n) is 7.51. The summed E-state index contributed by atoms with van der Waals surface area (Å²) in [6.07, 6.45) is 7.20. The van der Waals surface area contributed by atoms with Crippen LogP contribution < -0.4 is 5.56 Å². The average molecular weight is 397 g/mol. The number of hydrogen-bond donors (Lipinski definition) is 0. The molecule has 0 atom stereocenters. The van der Waals surface area contributed by atoms with Gasteiger partial charge in [-0.2, -0.15) is 0 Å². The van der Waals surface area contributed by atoms with Gasteiger partial charge < -0.3 is 9.30 Å². The van der Waals surface area contributed by atoms with Gasteiger partial charge in [0.05, 0.1) is 17.5 Å². The van der Waals surface area contributed by atoms with Gasteiger partial charge in [-0.05, 0) is 52.0 Å². The smallest absolute Gasteiger partial charge is 0.271 e. The van der Waals surface area contributed by atoms with Gasteiger partial charge in [0, 0.05) is 28.9 Å². The maximum Gasteiger partial charge on any atom is 0.271 e. The predicted molar refractivity (Wildman–Crippen MR) is 109 cm³/mol. The summed E-state index contributed by atoms with van der Waals surface area (Å²) in [5.74, 6) is -0.375. The molecule has 4 aromatic rings. The van der Waals surface area contributed by atoms with Crippen LogP contribution in [0.15, 0.2) is 35.6 Å². The number of halogens is 1. The summed E-state index contributed by atoms with van der Waals surface area (Å²) in [5, 5.41) is 0. The van der Waals surface area contributed by atoms with Crippen LogP contribution in [-0.2, 0) is 0 Å². The lowest BCUT2D eigenvalue weighted by Crippen LogP contribution is -2.35. The second kappa shape index (κ2) is 6.49. The standard InChI is InChI=1S/C20H20FN5OS/c1-12-9-25-10-13(7-15(21)19(25)23-12)17-8-16-18(28-17)20(27)26(11-22-16)14-3-5-24(2)6-4-14/h7-11,14H,3-6H2,1-2H3. The lowest BCUT2D eigenvalue weighted by atomic mass is 10.1. The van der Waals surface area contributed by atoms with Gasteiger partial charge in [-0.15, -0.1) is 11.3 Å². The number of hydrogen-bond acceptors (Lipinski definition) is 5. The number of pyridine rings is 1. The van der Waals surface area contributed by atoms with Crippen LogP contribution in [0.2, 0.25) is 0 Å². The fraction of sp³-hybridized carbons (Fsp3) is 0.350. The van der Waals surface area contributed by atoms with Gasteiger partial charge in [-0.1, -0.05) is 0 Å². The van der Waals surface area contributed by atoms with Crippen LogP contribution in [0.5, 0.6) is 0 Å². The van der Waals surface area contributed by atoms with Gasteiger partial charge in [0.25, 0.3) is 5.56 Å². The van der Waals surface area contributed by atoms with E-state index in [1.807, 2.05) is 19.2 Å². The Labute approximate surface area is 164 Å². The quantitative estimate of drug-likeness (QED) is 0.520. The third-order valence-corrected chi connectivity index (χ3v) is 6.62. The Morgan fingerprint density at radius 1 is 1.21 bits per heavy atom. The molecule has 1 aliphatic rings. The molecule has 1 fully saturated rings. The zero-order chi connectivity index (χ0) is 19.4. The molecule has 8 heteroatoms. The fourth-order valence-corrected chi connectivity index (χ4v) is 4.94. The monoisotopic (exact) mass is 397 g/mol. The molecule has 0 radical (unpaired) electrons. The van der Waals surface area contributed by atoms with E-state index in [4.69, 9.17) is 0 Å². The predicted octanol–water partition coefficient (Wildman–Crippen LogP) is 3.49. The molecule has 144 valence electrons. The number of imidazole rings is 1. The highest BCUT2D eigenvalue weighted by molar-refractivity contribution is 7.22. The first-order valence-electron chi connectivity index (χ1n) is 9.34. The Morgan fingerprint density at radius 3 is 2.79 bits per heavy atom. The van der Waals surface area contributed by atoms with E-state index in [0.717, 1.165) is 42.1 Å². The first kappa shape index (κ1) is 17.5. The molecule has 5 rings (SSSR count). The lowest BCUT2D eigenvalue weighted by molar-refractivity contribution is 0.218. The van der Waals surface area contributed by atoms with Crippen LogP contribution in [0, 0.1) is 12.7 Å². The third kappa shape index (κ3) is 2.84. The Hall–Kier alpha value is -2.58. The van der Waals surface area contributed by atoms with Crippen LogP contribution in [0.3, 0.4) is 0 Å². The van der Waals surface area contributed by atoms with Crippen LogP contribution in [0.4, 0.5) is 4.39 Å². The Kier molecular flexibility index (Phi) is 4.06. The minimum absolute atomic E-state index is 0.00386. The van der Waals surface area contributed by atoms with E-state index < -0.39 is 0 Å². The van der Waals surface area contributed by atoms with E-state index >= 15 is 0 Å². The van der Waals surface area contributed by atoms with Crippen molar-refractivity contribution in [2.75, 3.05) is 20.1 Å². The molecule has 6 nitrogen and oxygen atoms in total. The summed E-state index contributed by atoms with van der Waals surface area (Å²) in [4.78, 5) is 24.9. The molecule has 0 saturated carbocycles. The third-order valence-electron chi connectivity index (χ3n) is 5.46. The second-order valence-corrected chi connectivity index (χ2v) is 8.56. The van der Waals surface area contributed by atoms with Crippen LogP contribution in [0.1, 0.15) is 24.6 Å². The van der Waals surface area contributed by atoms with E-state index in [0.29, 0.717) is 15.9 Å². The van der Waals surface area contributed by atoms with Crippen LogP contribution in [-0.4, -0.2) is 44.0 Å². The number of aryl methyl sites for hydroxylation is 1. The summed E-state index contributed by atoms with van der Waals surface area (Å²) < 4.78 is 18.5. The highest BCUT2D eigenvalue weighted by atomic mass is 32.1. The van der Waals surface area contributed by atoms with Gasteiger partial charge in [-0.25, -0.2) is 14.4 Å². The van der Waals surface area contributed by atoms with Crippen molar-refractivity contribution in [3.63, 3.8) is 0 Å². The van der Waals surface area contributed by atoms with Crippen molar-refractivity contribution in [3.05, 3.63) is 52.7 Å². The van der Waals surface area contributed by atoms with E-state index in [1.54, 1.807) is 21.5 Å². The van der Waals surface area contributed by atoms with Crippen molar-refractivity contribution >= 4 is 27.2 Å². The zero-order valence-corrected chi connectivity index (χ0v) is 16.5. The molecule has 0 unspecified atom stereocenters. The SMILES string of the molecule is Cc1cn2cc(-c3cc4ncn(C5CCN(C)CC5)c(=O)c4s3)cc(F)c2n1. The minimum Gasteiger partial charge on any atom is -0.306 e. The molecular formula is C20H20FN5OS. The number of fused-ring (bicyclic) bond motifs is 2. The topological polar surface area (TPSA) is 55.4 Å². The van der Waals surface area contributed by atoms with Gasteiger partial charge >= 0.3 is 0 Å². The summed E-state index contributed by atoms with van der Waals surface area (Å²) in [5.41, 5.74) is 2.45. The fourth-order valence-electron chi connectivity index (χ4n) is 3.91. The van der Waals surface area contributed by atoms with Crippen LogP contribution >= 0.6 is 11.3 Å². The lowest BCUT2D eigenvalue weighted by Gasteiger charge is -2.29. The molecular weight excluding hydrogens is 377 g/mol. The van der Waals surface area contributed by atoms with Gasteiger partial charge in [0.2, 0.25) is 0 Å². The molecule has 0 N–H and O–H groups in total. The van der Waals surface area contributed by atoms with Gasteiger partial charge in [0.1, 0.15) is 4.70 Å². The maximum absolute atomic E-state index is 14.5. The molecule has 0 amide bonds. The zero-order valence-electron chi connectivity index (χ0n) is 15.7. The Balaban J connectivity index is 1.59. The Morgan fingerprint density at radius 2 is 2.00 bits per heavy atom. The van der Waals surface area contributed by atoms with Crippen molar-refractivity contribution in [2.45, 2.75) is 25.8 Å². The first-order valence-corrected chi connectivity index (χ1v) is 10.2. The number of likely N-dealkylation sites (tertiary alicyclic amines) is 1. The average Bonchev–Trinajstić information content (AvgIpc) is 3.27. The number of thiophene rings is 1. The summed E-state index contributed by atoms with van der Waals surface area (Å²) in [6.45, 7) is 3.80. The molecule has 0 spiro atoms. The number of rotatable bonds is 2. The maximum atomic E-state index is 14.5. The van der Waals surface area contributed by atoms with Crippen LogP contribution in [0.25, 0.3) is 26.3 Å². The number of nitrogens with zero attached hydrogens (tertiary/aromatic N) is 5. The first-order chi connectivity index (χ1) is 13.5. The number of aromatic nitrogens is 4. The van der Waals surface area contributed by atoms with Crippen molar-refractivity contribution in [1.29, 1.82) is 0 Å². The molecule has 0 bridgehead atoms. The number of piperidine rings is 1. The van der Waals surface area contributed by atoms with E-state index in [1.165, 1.54) is 17.4 Å². The largest absolute Gasteiger partial charge is 0.306 e.